The van der Waals surface area contributed by atoms with Crippen LogP contribution >= 0.6 is 11.6 Å². The molecule has 1 aromatic rings. The number of hydrogen-bond acceptors (Lipinski definition) is 2. The van der Waals surface area contributed by atoms with Gasteiger partial charge in [-0.2, -0.15) is 0 Å². The monoisotopic (exact) mass is 210 g/mol. The summed E-state index contributed by atoms with van der Waals surface area (Å²) in [6.45, 7) is 0. The van der Waals surface area contributed by atoms with Gasteiger partial charge in [0, 0.05) is 10.6 Å². The van der Waals surface area contributed by atoms with Gasteiger partial charge in [-0.05, 0) is 25.0 Å². The lowest BCUT2D eigenvalue weighted by atomic mass is 9.96. The first-order chi connectivity index (χ1) is 6.73. The third kappa shape index (κ3) is 1.30. The number of halogens is 1. The Morgan fingerprint density at radius 1 is 1.50 bits per heavy atom. The zero-order valence-corrected chi connectivity index (χ0v) is 8.67. The van der Waals surface area contributed by atoms with Gasteiger partial charge in [0.1, 0.15) is 12.0 Å². The van der Waals surface area contributed by atoms with E-state index >= 15 is 0 Å². The predicted octanol–water partition coefficient (Wildman–Crippen LogP) is 2.58. The molecule has 0 bridgehead atoms. The van der Waals surface area contributed by atoms with Crippen LogP contribution in [0, 0.1) is 0 Å². The van der Waals surface area contributed by atoms with Crippen LogP contribution in [0.25, 0.3) is 0 Å². The zero-order chi connectivity index (χ0) is 10.2. The maximum atomic E-state index is 11.0. The largest absolute Gasteiger partial charge is 0.496 e. The summed E-state index contributed by atoms with van der Waals surface area (Å²) in [6, 6.07) is 5.46. The lowest BCUT2D eigenvalue weighted by molar-refractivity contribution is -0.109. The molecule has 0 N–H and O–H groups in total. The van der Waals surface area contributed by atoms with E-state index < -0.39 is 0 Å². The van der Waals surface area contributed by atoms with Gasteiger partial charge in [-0.15, -0.1) is 0 Å². The van der Waals surface area contributed by atoms with Crippen molar-refractivity contribution in [2.24, 2.45) is 0 Å². The highest BCUT2D eigenvalue weighted by molar-refractivity contribution is 6.32. The van der Waals surface area contributed by atoms with Gasteiger partial charge >= 0.3 is 0 Å². The minimum Gasteiger partial charge on any atom is -0.496 e. The van der Waals surface area contributed by atoms with E-state index in [9.17, 15) is 4.79 Å². The number of ether oxygens (including phenoxy) is 1. The number of carbonyl (C=O) groups is 1. The van der Waals surface area contributed by atoms with Crippen LogP contribution in [0.5, 0.6) is 5.75 Å². The summed E-state index contributed by atoms with van der Waals surface area (Å²) in [4.78, 5) is 11.0. The third-order valence-electron chi connectivity index (χ3n) is 2.71. The van der Waals surface area contributed by atoms with Crippen LogP contribution in [0.15, 0.2) is 18.2 Å². The van der Waals surface area contributed by atoms with E-state index in [1.54, 1.807) is 13.2 Å². The normalized spacial score (nSPS) is 17.6. The minimum atomic E-state index is -0.371. The molecular formula is C11H11ClO2. The van der Waals surface area contributed by atoms with Crippen LogP contribution < -0.4 is 4.74 Å². The van der Waals surface area contributed by atoms with Crippen molar-refractivity contribution in [3.05, 3.63) is 28.8 Å². The standard InChI is InChI=1S/C11H11ClO2/c1-14-9-4-2-3-8(12)10(9)11(7-13)5-6-11/h2-4,7H,5-6H2,1H3. The van der Waals surface area contributed by atoms with Crippen LogP contribution in [0.1, 0.15) is 18.4 Å². The van der Waals surface area contributed by atoms with Gasteiger partial charge in [-0.1, -0.05) is 17.7 Å². The first-order valence-electron chi connectivity index (χ1n) is 4.53. The molecule has 1 fully saturated rings. The van der Waals surface area contributed by atoms with E-state index in [1.165, 1.54) is 0 Å². The summed E-state index contributed by atoms with van der Waals surface area (Å²) in [5.74, 6) is 0.710. The lowest BCUT2D eigenvalue weighted by Crippen LogP contribution is -2.10. The fourth-order valence-electron chi connectivity index (χ4n) is 1.72. The van der Waals surface area contributed by atoms with E-state index in [0.29, 0.717) is 10.8 Å². The average molecular weight is 211 g/mol. The first kappa shape index (κ1) is 9.53. The van der Waals surface area contributed by atoms with Gasteiger partial charge in [-0.3, -0.25) is 0 Å². The number of benzene rings is 1. The molecule has 14 heavy (non-hydrogen) atoms. The molecule has 74 valence electrons. The van der Waals surface area contributed by atoms with Crippen LogP contribution in [0.2, 0.25) is 5.02 Å². The Kier molecular flexibility index (Phi) is 2.23. The fraction of sp³-hybridized carbons (Fsp3) is 0.364. The second kappa shape index (κ2) is 3.28. The molecule has 0 saturated heterocycles. The second-order valence-corrected chi connectivity index (χ2v) is 4.00. The van der Waals surface area contributed by atoms with Gasteiger partial charge in [0.05, 0.1) is 12.5 Å². The molecule has 0 amide bonds. The van der Waals surface area contributed by atoms with Gasteiger partial charge in [-0.25, -0.2) is 0 Å². The minimum absolute atomic E-state index is 0.371. The van der Waals surface area contributed by atoms with Gasteiger partial charge in [0.15, 0.2) is 0 Å². The van der Waals surface area contributed by atoms with E-state index in [1.807, 2.05) is 12.1 Å². The SMILES string of the molecule is COc1cccc(Cl)c1C1(C=O)CC1. The summed E-state index contributed by atoms with van der Waals surface area (Å²) >= 11 is 6.07. The molecule has 0 heterocycles. The van der Waals surface area contributed by atoms with E-state index in [-0.39, 0.29) is 5.41 Å². The maximum absolute atomic E-state index is 11.0. The summed E-state index contributed by atoms with van der Waals surface area (Å²) in [5.41, 5.74) is 0.475. The lowest BCUT2D eigenvalue weighted by Gasteiger charge is -2.14. The Morgan fingerprint density at radius 3 is 2.71 bits per heavy atom. The highest BCUT2D eigenvalue weighted by atomic mass is 35.5. The second-order valence-electron chi connectivity index (χ2n) is 3.59. The maximum Gasteiger partial charge on any atom is 0.130 e. The molecule has 3 heteroatoms. The van der Waals surface area contributed by atoms with Crippen molar-refractivity contribution >= 4 is 17.9 Å². The number of aldehydes is 1. The van der Waals surface area contributed by atoms with Crippen molar-refractivity contribution < 1.29 is 9.53 Å². The Morgan fingerprint density at radius 2 is 2.21 bits per heavy atom. The summed E-state index contributed by atoms with van der Waals surface area (Å²) in [6.07, 6.45) is 2.73. The summed E-state index contributed by atoms with van der Waals surface area (Å²) in [7, 11) is 1.59. The third-order valence-corrected chi connectivity index (χ3v) is 3.02. The molecule has 1 saturated carbocycles. The molecule has 2 rings (SSSR count). The Labute approximate surface area is 87.8 Å². The molecule has 1 aromatic carbocycles. The fourth-order valence-corrected chi connectivity index (χ4v) is 2.07. The van der Waals surface area contributed by atoms with Gasteiger partial charge in [0.25, 0.3) is 0 Å². The van der Waals surface area contributed by atoms with Crippen molar-refractivity contribution in [1.29, 1.82) is 0 Å². The molecule has 1 aliphatic carbocycles. The molecule has 0 spiro atoms. The highest BCUT2D eigenvalue weighted by Gasteiger charge is 2.47. The van der Waals surface area contributed by atoms with Crippen LogP contribution in [-0.2, 0) is 10.2 Å². The van der Waals surface area contributed by atoms with Crippen molar-refractivity contribution in [2.45, 2.75) is 18.3 Å². The quantitative estimate of drug-likeness (QED) is 0.717. The Bertz CT molecular complexity index is 370. The van der Waals surface area contributed by atoms with Gasteiger partial charge < -0.3 is 9.53 Å². The van der Waals surface area contributed by atoms with Crippen LogP contribution in [-0.4, -0.2) is 13.4 Å². The number of carbonyl (C=O) groups excluding carboxylic acids is 1. The molecule has 2 nitrogen and oxygen atoms in total. The predicted molar refractivity (Wildman–Crippen MR) is 55.0 cm³/mol. The summed E-state index contributed by atoms with van der Waals surface area (Å²) < 4.78 is 5.21. The molecular weight excluding hydrogens is 200 g/mol. The van der Waals surface area contributed by atoms with E-state index in [4.69, 9.17) is 16.3 Å². The summed E-state index contributed by atoms with van der Waals surface area (Å²) in [5, 5.41) is 0.619. The molecule has 0 aromatic heterocycles. The Balaban J connectivity index is 2.55. The highest BCUT2D eigenvalue weighted by Crippen LogP contribution is 2.52. The Hall–Kier alpha value is -1.02. The molecule has 0 radical (unpaired) electrons. The molecule has 0 aliphatic heterocycles. The van der Waals surface area contributed by atoms with E-state index in [2.05, 4.69) is 0 Å². The number of hydrogen-bond donors (Lipinski definition) is 0. The topological polar surface area (TPSA) is 26.3 Å². The first-order valence-corrected chi connectivity index (χ1v) is 4.90. The molecule has 0 atom stereocenters. The van der Waals surface area contributed by atoms with Crippen molar-refractivity contribution in [1.82, 2.24) is 0 Å². The molecule has 1 aliphatic rings. The van der Waals surface area contributed by atoms with Gasteiger partial charge in [0.2, 0.25) is 0 Å². The number of rotatable bonds is 3. The van der Waals surface area contributed by atoms with Crippen LogP contribution in [0.3, 0.4) is 0 Å². The molecule has 0 unspecified atom stereocenters. The van der Waals surface area contributed by atoms with E-state index in [0.717, 1.165) is 24.7 Å². The van der Waals surface area contributed by atoms with Crippen LogP contribution in [0.4, 0.5) is 0 Å². The van der Waals surface area contributed by atoms with Crippen molar-refractivity contribution in [3.8, 4) is 5.75 Å². The number of methoxy groups -OCH3 is 1. The van der Waals surface area contributed by atoms with Crippen molar-refractivity contribution in [2.75, 3.05) is 7.11 Å². The smallest absolute Gasteiger partial charge is 0.130 e. The van der Waals surface area contributed by atoms with Crippen molar-refractivity contribution in [3.63, 3.8) is 0 Å². The zero-order valence-electron chi connectivity index (χ0n) is 7.92. The average Bonchev–Trinajstić information content (AvgIpc) is 2.98.